The fraction of sp³-hybridized carbons (Fsp3) is 0. The maximum absolute atomic E-state index is 5.11. The Morgan fingerprint density at radius 1 is 0.486 bits per heavy atom. The van der Waals surface area contributed by atoms with E-state index < -0.39 is 0 Å². The van der Waals surface area contributed by atoms with Gasteiger partial charge in [-0.3, -0.25) is 14.5 Å². The molecule has 0 aliphatic rings. The largest absolute Gasteiger partial charge is 0.294 e. The van der Waals surface area contributed by atoms with Crippen molar-refractivity contribution in [3.63, 3.8) is 0 Å². The third kappa shape index (κ3) is 3.74. The van der Waals surface area contributed by atoms with E-state index in [2.05, 4.69) is 63.1 Å². The Morgan fingerprint density at radius 2 is 1.24 bits per heavy atom. The van der Waals surface area contributed by atoms with Gasteiger partial charge in [-0.2, -0.15) is 0 Å². The molecule has 37 heavy (non-hydrogen) atoms. The van der Waals surface area contributed by atoms with Gasteiger partial charge in [-0.25, -0.2) is 9.97 Å². The van der Waals surface area contributed by atoms with E-state index >= 15 is 0 Å². The van der Waals surface area contributed by atoms with Crippen LogP contribution in [-0.4, -0.2) is 24.5 Å². The van der Waals surface area contributed by atoms with Gasteiger partial charge in [0.05, 0.1) is 33.8 Å². The second-order valence-electron chi connectivity index (χ2n) is 8.83. The van der Waals surface area contributed by atoms with Crippen LogP contribution in [0.3, 0.4) is 0 Å². The van der Waals surface area contributed by atoms with Crippen molar-refractivity contribution in [1.29, 1.82) is 0 Å². The molecule has 0 radical (unpaired) electrons. The zero-order chi connectivity index (χ0) is 24.6. The molecule has 0 bridgehead atoms. The van der Waals surface area contributed by atoms with Crippen molar-refractivity contribution < 1.29 is 0 Å². The Hall–Kier alpha value is -5.16. The molecule has 5 nitrogen and oxygen atoms in total. The van der Waals surface area contributed by atoms with E-state index in [0.29, 0.717) is 0 Å². The van der Waals surface area contributed by atoms with E-state index in [-0.39, 0.29) is 0 Å². The molecule has 0 aliphatic heterocycles. The molecule has 0 saturated heterocycles. The molecule has 0 saturated carbocycles. The van der Waals surface area contributed by atoms with Crippen molar-refractivity contribution >= 4 is 21.8 Å². The summed E-state index contributed by atoms with van der Waals surface area (Å²) in [7, 11) is 0. The summed E-state index contributed by atoms with van der Waals surface area (Å²) in [5, 5.41) is 2.26. The first-order chi connectivity index (χ1) is 18.3. The average Bonchev–Trinajstić information content (AvgIpc) is 3.32. The summed E-state index contributed by atoms with van der Waals surface area (Å²) >= 11 is 0. The van der Waals surface area contributed by atoms with Crippen LogP contribution in [0.4, 0.5) is 0 Å². The van der Waals surface area contributed by atoms with Crippen molar-refractivity contribution in [2.75, 3.05) is 0 Å². The van der Waals surface area contributed by atoms with Gasteiger partial charge in [0.25, 0.3) is 0 Å². The summed E-state index contributed by atoms with van der Waals surface area (Å²) in [5.74, 6) is 0.834. The number of nitrogens with zero attached hydrogens (tertiary/aromatic N) is 5. The third-order valence-electron chi connectivity index (χ3n) is 6.56. The topological polar surface area (TPSA) is 56.5 Å². The lowest BCUT2D eigenvalue weighted by atomic mass is 10.0. The highest BCUT2D eigenvalue weighted by Crippen LogP contribution is 2.32. The van der Waals surface area contributed by atoms with Gasteiger partial charge in [-0.05, 0) is 59.7 Å². The fourth-order valence-corrected chi connectivity index (χ4v) is 4.86. The smallest absolute Gasteiger partial charge is 0.138 e. The van der Waals surface area contributed by atoms with Gasteiger partial charge >= 0.3 is 0 Å². The van der Waals surface area contributed by atoms with Crippen LogP contribution in [0.1, 0.15) is 0 Å². The molecule has 0 unspecified atom stereocenters. The molecule has 5 aromatic heterocycles. The molecule has 0 amide bonds. The zero-order valence-corrected chi connectivity index (χ0v) is 19.9. The summed E-state index contributed by atoms with van der Waals surface area (Å²) < 4.78 is 2.19. The van der Waals surface area contributed by atoms with Gasteiger partial charge in [0, 0.05) is 29.4 Å². The number of aromatic nitrogens is 5. The van der Waals surface area contributed by atoms with E-state index in [1.165, 1.54) is 0 Å². The number of hydrogen-bond acceptors (Lipinski definition) is 4. The Kier molecular flexibility index (Phi) is 5.03. The van der Waals surface area contributed by atoms with Crippen LogP contribution in [0.2, 0.25) is 0 Å². The number of hydrogen-bond donors (Lipinski definition) is 0. The normalized spacial score (nSPS) is 11.2. The maximum Gasteiger partial charge on any atom is 0.138 e. The number of benzene rings is 2. The first-order valence-electron chi connectivity index (χ1n) is 12.1. The van der Waals surface area contributed by atoms with Gasteiger partial charge in [-0.1, -0.05) is 60.7 Å². The molecule has 0 atom stereocenters. The molecular formula is C32H21N5. The Morgan fingerprint density at radius 3 is 2.11 bits per heavy atom. The molecule has 7 rings (SSSR count). The summed E-state index contributed by atoms with van der Waals surface area (Å²) in [4.78, 5) is 19.0. The van der Waals surface area contributed by atoms with Crippen LogP contribution in [0.5, 0.6) is 0 Å². The van der Waals surface area contributed by atoms with Gasteiger partial charge in [-0.15, -0.1) is 0 Å². The molecule has 2 aromatic carbocycles. The molecule has 7 aromatic rings. The summed E-state index contributed by atoms with van der Waals surface area (Å²) in [6.45, 7) is 0. The van der Waals surface area contributed by atoms with Crippen molar-refractivity contribution in [3.05, 3.63) is 128 Å². The average molecular weight is 476 g/mol. The van der Waals surface area contributed by atoms with Gasteiger partial charge in [0.15, 0.2) is 0 Å². The van der Waals surface area contributed by atoms with E-state index in [4.69, 9.17) is 9.97 Å². The fourth-order valence-electron chi connectivity index (χ4n) is 4.86. The highest BCUT2D eigenvalue weighted by atomic mass is 15.1. The Labute approximate surface area is 213 Å². The lowest BCUT2D eigenvalue weighted by Gasteiger charge is -2.11. The molecule has 0 spiro atoms. The quantitative estimate of drug-likeness (QED) is 0.267. The summed E-state index contributed by atoms with van der Waals surface area (Å²) in [6, 6.07) is 36.9. The van der Waals surface area contributed by atoms with Crippen molar-refractivity contribution in [1.82, 2.24) is 24.5 Å². The lowest BCUT2D eigenvalue weighted by molar-refractivity contribution is 1.07. The highest BCUT2D eigenvalue weighted by molar-refractivity contribution is 6.08. The minimum atomic E-state index is 0.797. The summed E-state index contributed by atoms with van der Waals surface area (Å²) in [6.07, 6.45) is 5.54. The van der Waals surface area contributed by atoms with Crippen LogP contribution in [0.15, 0.2) is 128 Å². The minimum Gasteiger partial charge on any atom is -0.294 e. The van der Waals surface area contributed by atoms with Crippen LogP contribution in [0, 0.1) is 0 Å². The standard InChI is InChI=1S/C32H21N5/c1-2-9-22(10-3-1)23-19-28(26-12-6-7-17-34-26)35-29(20-23)27-13-8-15-32(36-27)37-30-14-5-4-11-24(30)25-21-33-18-16-31(25)37/h1-21H. The molecule has 0 N–H and O–H groups in total. The van der Waals surface area contributed by atoms with Crippen molar-refractivity contribution in [2.24, 2.45) is 0 Å². The Balaban J connectivity index is 1.44. The van der Waals surface area contributed by atoms with Crippen LogP contribution < -0.4 is 0 Å². The molecule has 0 aliphatic carbocycles. The zero-order valence-electron chi connectivity index (χ0n) is 19.9. The van der Waals surface area contributed by atoms with Gasteiger partial charge in [0.1, 0.15) is 5.82 Å². The summed E-state index contributed by atoms with van der Waals surface area (Å²) in [5.41, 5.74) is 7.59. The first kappa shape index (κ1) is 21.1. The molecule has 174 valence electrons. The first-order valence-corrected chi connectivity index (χ1v) is 12.1. The molecule has 5 heteroatoms. The highest BCUT2D eigenvalue weighted by Gasteiger charge is 2.15. The number of rotatable bonds is 4. The SMILES string of the molecule is c1ccc(-c2cc(-c3ccccn3)nc(-c3cccc(-n4c5ccccc5c5cnccc54)n3)c2)cc1. The predicted molar refractivity (Wildman–Crippen MR) is 148 cm³/mol. The van der Waals surface area contributed by atoms with Crippen LogP contribution in [0.25, 0.3) is 61.5 Å². The van der Waals surface area contributed by atoms with Gasteiger partial charge in [0.2, 0.25) is 0 Å². The number of para-hydroxylation sites is 1. The second kappa shape index (κ2) is 8.81. The number of pyridine rings is 4. The maximum atomic E-state index is 5.11. The Bertz CT molecular complexity index is 1760. The monoisotopic (exact) mass is 475 g/mol. The van der Waals surface area contributed by atoms with Crippen LogP contribution >= 0.6 is 0 Å². The molecule has 5 heterocycles. The molecular weight excluding hydrogens is 454 g/mol. The molecule has 0 fully saturated rings. The van der Waals surface area contributed by atoms with Gasteiger partial charge < -0.3 is 0 Å². The van der Waals surface area contributed by atoms with E-state index in [1.807, 2.05) is 73.1 Å². The predicted octanol–water partition coefficient (Wildman–Crippen LogP) is 7.36. The van der Waals surface area contributed by atoms with E-state index in [1.54, 1.807) is 6.20 Å². The van der Waals surface area contributed by atoms with E-state index in [9.17, 15) is 0 Å². The number of fused-ring (bicyclic) bond motifs is 3. The minimum absolute atomic E-state index is 0.797. The third-order valence-corrected chi connectivity index (χ3v) is 6.56. The second-order valence-corrected chi connectivity index (χ2v) is 8.83. The van der Waals surface area contributed by atoms with Crippen molar-refractivity contribution in [2.45, 2.75) is 0 Å². The lowest BCUT2D eigenvalue weighted by Crippen LogP contribution is -2.00. The van der Waals surface area contributed by atoms with E-state index in [0.717, 1.165) is 61.5 Å². The van der Waals surface area contributed by atoms with Crippen molar-refractivity contribution in [3.8, 4) is 39.7 Å². The van der Waals surface area contributed by atoms with Crippen LogP contribution in [-0.2, 0) is 0 Å².